The van der Waals surface area contributed by atoms with Gasteiger partial charge in [0, 0.05) is 17.5 Å². The van der Waals surface area contributed by atoms with Crippen molar-refractivity contribution >= 4 is 5.91 Å². The van der Waals surface area contributed by atoms with Crippen LogP contribution in [0.1, 0.15) is 64.0 Å². The molecule has 1 saturated heterocycles. The molecule has 2 aromatic carbocycles. The van der Waals surface area contributed by atoms with Crippen molar-refractivity contribution in [3.63, 3.8) is 0 Å². The Hall–Kier alpha value is -2.99. The van der Waals surface area contributed by atoms with Crippen LogP contribution < -0.4 is 5.32 Å². The monoisotopic (exact) mass is 474 g/mol. The van der Waals surface area contributed by atoms with E-state index in [4.69, 9.17) is 4.52 Å². The zero-order valence-electron chi connectivity index (χ0n) is 21.5. The van der Waals surface area contributed by atoms with E-state index >= 15 is 0 Å². The van der Waals surface area contributed by atoms with Crippen molar-refractivity contribution in [1.29, 1.82) is 0 Å². The first-order chi connectivity index (χ1) is 16.8. The fourth-order valence-electron chi connectivity index (χ4n) is 4.56. The van der Waals surface area contributed by atoms with Gasteiger partial charge in [0.05, 0.1) is 6.54 Å². The summed E-state index contributed by atoms with van der Waals surface area (Å²) < 4.78 is 5.53. The Morgan fingerprint density at radius 1 is 1.09 bits per heavy atom. The highest BCUT2D eigenvalue weighted by atomic mass is 16.5. The van der Waals surface area contributed by atoms with Gasteiger partial charge in [0.2, 0.25) is 17.6 Å². The van der Waals surface area contributed by atoms with E-state index in [1.165, 1.54) is 11.1 Å². The molecule has 1 amide bonds. The Morgan fingerprint density at radius 3 is 2.43 bits per heavy atom. The molecule has 0 bridgehead atoms. The number of nitrogens with zero attached hydrogens (tertiary/aromatic N) is 3. The molecule has 1 atom stereocenters. The molecule has 1 N–H and O–H groups in total. The quantitative estimate of drug-likeness (QED) is 0.474. The van der Waals surface area contributed by atoms with Crippen LogP contribution in [0.4, 0.5) is 0 Å². The molecule has 1 unspecified atom stereocenters. The van der Waals surface area contributed by atoms with Crippen molar-refractivity contribution in [3.05, 3.63) is 71.6 Å². The van der Waals surface area contributed by atoms with Crippen LogP contribution in [0.3, 0.4) is 0 Å². The van der Waals surface area contributed by atoms with E-state index in [0.717, 1.165) is 44.3 Å². The molecule has 3 aromatic rings. The summed E-state index contributed by atoms with van der Waals surface area (Å²) >= 11 is 0. The molecule has 0 spiro atoms. The van der Waals surface area contributed by atoms with Crippen LogP contribution in [0.25, 0.3) is 11.4 Å². The van der Waals surface area contributed by atoms with Crippen molar-refractivity contribution < 1.29 is 9.32 Å². The number of aromatic nitrogens is 2. The largest absolute Gasteiger partial charge is 0.353 e. The third-order valence-electron chi connectivity index (χ3n) is 6.89. The highest BCUT2D eigenvalue weighted by Crippen LogP contribution is 2.25. The lowest BCUT2D eigenvalue weighted by atomic mass is 9.87. The first-order valence-corrected chi connectivity index (χ1v) is 12.8. The Kier molecular flexibility index (Phi) is 8.01. The van der Waals surface area contributed by atoms with Crippen molar-refractivity contribution in [2.75, 3.05) is 13.1 Å². The Balaban J connectivity index is 1.21. The third kappa shape index (κ3) is 7.01. The lowest BCUT2D eigenvalue weighted by Crippen LogP contribution is -2.43. The first kappa shape index (κ1) is 25.1. The molecule has 0 saturated carbocycles. The van der Waals surface area contributed by atoms with Gasteiger partial charge in [-0.2, -0.15) is 4.98 Å². The van der Waals surface area contributed by atoms with Crippen LogP contribution in [0.15, 0.2) is 59.1 Å². The van der Waals surface area contributed by atoms with E-state index in [1.54, 1.807) is 0 Å². The summed E-state index contributed by atoms with van der Waals surface area (Å²) in [6, 6.07) is 19.0. The molecule has 6 heteroatoms. The van der Waals surface area contributed by atoms with Crippen molar-refractivity contribution in [2.45, 2.75) is 71.4 Å². The molecule has 1 aromatic heterocycles. The second kappa shape index (κ2) is 11.2. The lowest BCUT2D eigenvalue weighted by Gasteiger charge is -2.30. The summed E-state index contributed by atoms with van der Waals surface area (Å²) in [5.41, 5.74) is 3.67. The molecule has 1 aliphatic heterocycles. The summed E-state index contributed by atoms with van der Waals surface area (Å²) in [7, 11) is 0. The minimum absolute atomic E-state index is 0.0741. The van der Waals surface area contributed by atoms with Gasteiger partial charge in [-0.05, 0) is 62.2 Å². The van der Waals surface area contributed by atoms with E-state index in [0.29, 0.717) is 18.3 Å². The Labute approximate surface area is 209 Å². The van der Waals surface area contributed by atoms with Crippen molar-refractivity contribution in [1.82, 2.24) is 20.4 Å². The van der Waals surface area contributed by atoms with E-state index < -0.39 is 0 Å². The van der Waals surface area contributed by atoms with E-state index in [1.807, 2.05) is 6.07 Å². The van der Waals surface area contributed by atoms with Gasteiger partial charge in [-0.3, -0.25) is 9.69 Å². The van der Waals surface area contributed by atoms with Crippen LogP contribution in [-0.2, 0) is 23.2 Å². The Bertz CT molecular complexity index is 1080. The third-order valence-corrected chi connectivity index (χ3v) is 6.89. The molecule has 0 aliphatic carbocycles. The second-order valence-corrected chi connectivity index (χ2v) is 10.8. The molecule has 4 rings (SSSR count). The zero-order chi connectivity index (χ0) is 24.8. The minimum atomic E-state index is 0.0741. The van der Waals surface area contributed by atoms with Crippen LogP contribution in [0.5, 0.6) is 0 Å². The SMILES string of the molecule is CC(CCc1ccccc1)NC(=O)C1CCN(Cc2nc(-c3ccc(C(C)(C)C)cc3)no2)CC1. The van der Waals surface area contributed by atoms with Crippen LogP contribution in [-0.4, -0.2) is 40.1 Å². The second-order valence-electron chi connectivity index (χ2n) is 10.8. The number of amides is 1. The van der Waals surface area contributed by atoms with E-state index in [9.17, 15) is 4.79 Å². The van der Waals surface area contributed by atoms with Gasteiger partial charge in [0.25, 0.3) is 0 Å². The van der Waals surface area contributed by atoms with Gasteiger partial charge in [-0.25, -0.2) is 0 Å². The van der Waals surface area contributed by atoms with Crippen molar-refractivity contribution in [2.24, 2.45) is 5.92 Å². The van der Waals surface area contributed by atoms with Gasteiger partial charge < -0.3 is 9.84 Å². The molecular weight excluding hydrogens is 436 g/mol. The number of likely N-dealkylation sites (tertiary alicyclic amines) is 1. The number of aryl methyl sites for hydroxylation is 1. The summed E-state index contributed by atoms with van der Waals surface area (Å²) in [6.45, 7) is 11.0. The standard InChI is InChI=1S/C29H38N4O2/c1-21(10-11-22-8-6-5-7-9-22)30-28(34)24-16-18-33(19-17-24)20-26-31-27(32-35-26)23-12-14-25(15-13-23)29(2,3)4/h5-9,12-15,21,24H,10-11,16-20H2,1-4H3,(H,30,34). The predicted molar refractivity (Wildman–Crippen MR) is 139 cm³/mol. The molecule has 1 fully saturated rings. The normalized spacial score (nSPS) is 16.2. The van der Waals surface area contributed by atoms with Crippen LogP contribution in [0.2, 0.25) is 0 Å². The number of hydrogen-bond acceptors (Lipinski definition) is 5. The number of nitrogens with one attached hydrogen (secondary N) is 1. The number of piperidine rings is 1. The smallest absolute Gasteiger partial charge is 0.241 e. The lowest BCUT2D eigenvalue weighted by molar-refractivity contribution is -0.127. The molecule has 0 radical (unpaired) electrons. The zero-order valence-corrected chi connectivity index (χ0v) is 21.5. The molecule has 35 heavy (non-hydrogen) atoms. The van der Waals surface area contributed by atoms with Crippen LogP contribution >= 0.6 is 0 Å². The maximum atomic E-state index is 12.8. The van der Waals surface area contributed by atoms with Gasteiger partial charge >= 0.3 is 0 Å². The number of rotatable bonds is 8. The number of benzene rings is 2. The number of hydrogen-bond donors (Lipinski definition) is 1. The van der Waals surface area contributed by atoms with E-state index in [-0.39, 0.29) is 23.3 Å². The predicted octanol–water partition coefficient (Wildman–Crippen LogP) is 5.38. The average molecular weight is 475 g/mol. The average Bonchev–Trinajstić information content (AvgIpc) is 3.32. The number of carbonyl (C=O) groups excluding carboxylic acids is 1. The maximum Gasteiger partial charge on any atom is 0.241 e. The minimum Gasteiger partial charge on any atom is -0.353 e. The van der Waals surface area contributed by atoms with Gasteiger partial charge in [-0.15, -0.1) is 0 Å². The topological polar surface area (TPSA) is 71.3 Å². The summed E-state index contributed by atoms with van der Waals surface area (Å²) in [5.74, 6) is 1.51. The maximum absolute atomic E-state index is 12.8. The highest BCUT2D eigenvalue weighted by molar-refractivity contribution is 5.79. The molecule has 2 heterocycles. The summed E-state index contributed by atoms with van der Waals surface area (Å²) in [6.07, 6.45) is 3.64. The van der Waals surface area contributed by atoms with Crippen LogP contribution in [0, 0.1) is 5.92 Å². The molecule has 6 nitrogen and oxygen atoms in total. The summed E-state index contributed by atoms with van der Waals surface area (Å²) in [4.78, 5) is 19.7. The first-order valence-electron chi connectivity index (χ1n) is 12.8. The Morgan fingerprint density at radius 2 is 1.77 bits per heavy atom. The number of carbonyl (C=O) groups is 1. The molecular formula is C29H38N4O2. The van der Waals surface area contributed by atoms with Gasteiger partial charge in [-0.1, -0.05) is 80.5 Å². The fourth-order valence-corrected chi connectivity index (χ4v) is 4.56. The van der Waals surface area contributed by atoms with Gasteiger partial charge in [0.1, 0.15) is 0 Å². The van der Waals surface area contributed by atoms with Gasteiger partial charge in [0.15, 0.2) is 0 Å². The fraction of sp³-hybridized carbons (Fsp3) is 0.483. The van der Waals surface area contributed by atoms with Crippen molar-refractivity contribution in [3.8, 4) is 11.4 Å². The molecule has 186 valence electrons. The van der Waals surface area contributed by atoms with E-state index in [2.05, 4.69) is 96.6 Å². The highest BCUT2D eigenvalue weighted by Gasteiger charge is 2.26. The molecule has 1 aliphatic rings. The summed E-state index contributed by atoms with van der Waals surface area (Å²) in [5, 5.41) is 7.40.